The fraction of sp³-hybridized carbons (Fsp3) is 0.211. The number of methoxy groups -OCH3 is 1. The molecule has 2 N–H and O–H groups in total. The summed E-state index contributed by atoms with van der Waals surface area (Å²) in [6, 6.07) is 13.8. The van der Waals surface area contributed by atoms with E-state index in [4.69, 9.17) is 0 Å². The number of ether oxygens (including phenoxy) is 1. The minimum atomic E-state index is -0.524. The van der Waals surface area contributed by atoms with E-state index in [9.17, 15) is 14.4 Å². The Morgan fingerprint density at radius 2 is 1.80 bits per heavy atom. The SMILES string of the molecule is COC(=O)c1ccccc1NC(=O)CCNC(=O)c1cccc(C)c1. The first-order valence-electron chi connectivity index (χ1n) is 7.83. The number of hydrogen-bond acceptors (Lipinski definition) is 4. The second-order valence-electron chi connectivity index (χ2n) is 5.46. The van der Waals surface area contributed by atoms with Gasteiger partial charge in [0.25, 0.3) is 5.91 Å². The summed E-state index contributed by atoms with van der Waals surface area (Å²) in [6.45, 7) is 2.10. The van der Waals surface area contributed by atoms with Gasteiger partial charge in [-0.3, -0.25) is 9.59 Å². The third-order valence-electron chi connectivity index (χ3n) is 3.52. The molecule has 0 aliphatic heterocycles. The zero-order valence-corrected chi connectivity index (χ0v) is 14.2. The van der Waals surface area contributed by atoms with Gasteiger partial charge in [-0.05, 0) is 31.2 Å². The molecular formula is C19H20N2O4. The number of esters is 1. The quantitative estimate of drug-likeness (QED) is 0.792. The highest BCUT2D eigenvalue weighted by Crippen LogP contribution is 2.16. The van der Waals surface area contributed by atoms with Crippen LogP contribution in [0.15, 0.2) is 48.5 Å². The van der Waals surface area contributed by atoms with Crippen molar-refractivity contribution in [3.63, 3.8) is 0 Å². The van der Waals surface area contributed by atoms with E-state index in [1.165, 1.54) is 7.11 Å². The Morgan fingerprint density at radius 1 is 1.04 bits per heavy atom. The molecule has 0 saturated heterocycles. The molecule has 6 heteroatoms. The number of anilines is 1. The van der Waals surface area contributed by atoms with Gasteiger partial charge in [-0.1, -0.05) is 29.8 Å². The highest BCUT2D eigenvalue weighted by Gasteiger charge is 2.13. The Bertz CT molecular complexity index is 786. The minimum absolute atomic E-state index is 0.0903. The van der Waals surface area contributed by atoms with Crippen molar-refractivity contribution < 1.29 is 19.1 Å². The van der Waals surface area contributed by atoms with Crippen LogP contribution in [0.25, 0.3) is 0 Å². The molecule has 2 rings (SSSR count). The number of para-hydroxylation sites is 1. The van der Waals surface area contributed by atoms with Gasteiger partial charge < -0.3 is 15.4 Å². The zero-order chi connectivity index (χ0) is 18.2. The molecule has 0 atom stereocenters. The first-order chi connectivity index (χ1) is 12.0. The van der Waals surface area contributed by atoms with E-state index in [1.807, 2.05) is 13.0 Å². The molecule has 0 bridgehead atoms. The van der Waals surface area contributed by atoms with E-state index in [2.05, 4.69) is 15.4 Å². The van der Waals surface area contributed by atoms with Crippen molar-refractivity contribution in [2.75, 3.05) is 19.0 Å². The van der Waals surface area contributed by atoms with E-state index in [0.717, 1.165) is 5.56 Å². The second-order valence-corrected chi connectivity index (χ2v) is 5.46. The van der Waals surface area contributed by atoms with Gasteiger partial charge in [-0.25, -0.2) is 4.79 Å². The molecule has 0 spiro atoms. The summed E-state index contributed by atoms with van der Waals surface area (Å²) in [7, 11) is 1.28. The molecule has 0 fully saturated rings. The monoisotopic (exact) mass is 340 g/mol. The van der Waals surface area contributed by atoms with Crippen LogP contribution in [0.2, 0.25) is 0 Å². The van der Waals surface area contributed by atoms with Gasteiger partial charge in [0.2, 0.25) is 5.91 Å². The lowest BCUT2D eigenvalue weighted by Gasteiger charge is -2.10. The molecule has 0 aliphatic rings. The van der Waals surface area contributed by atoms with Crippen LogP contribution in [0.3, 0.4) is 0 Å². The van der Waals surface area contributed by atoms with Crippen LogP contribution in [0, 0.1) is 6.92 Å². The molecule has 0 saturated carbocycles. The van der Waals surface area contributed by atoms with Crippen molar-refractivity contribution in [1.82, 2.24) is 5.32 Å². The molecule has 2 aromatic carbocycles. The topological polar surface area (TPSA) is 84.5 Å². The first-order valence-corrected chi connectivity index (χ1v) is 7.83. The molecule has 25 heavy (non-hydrogen) atoms. The number of rotatable bonds is 6. The summed E-state index contributed by atoms with van der Waals surface area (Å²) in [5, 5.41) is 5.36. The standard InChI is InChI=1S/C19H20N2O4/c1-13-6-5-7-14(12-13)18(23)20-11-10-17(22)21-16-9-4-3-8-15(16)19(24)25-2/h3-9,12H,10-11H2,1-2H3,(H,20,23)(H,21,22). The van der Waals surface area contributed by atoms with Crippen LogP contribution < -0.4 is 10.6 Å². The van der Waals surface area contributed by atoms with Crippen LogP contribution in [0.4, 0.5) is 5.69 Å². The number of carbonyl (C=O) groups is 3. The van der Waals surface area contributed by atoms with Gasteiger partial charge >= 0.3 is 5.97 Å². The second kappa shape index (κ2) is 8.63. The lowest BCUT2D eigenvalue weighted by atomic mass is 10.1. The molecule has 0 aliphatic carbocycles. The molecular weight excluding hydrogens is 320 g/mol. The van der Waals surface area contributed by atoms with Crippen LogP contribution in [-0.2, 0) is 9.53 Å². The zero-order valence-electron chi connectivity index (χ0n) is 14.2. The van der Waals surface area contributed by atoms with Crippen molar-refractivity contribution in [2.24, 2.45) is 0 Å². The summed E-state index contributed by atoms with van der Waals surface area (Å²) in [4.78, 5) is 35.7. The van der Waals surface area contributed by atoms with Gasteiger partial charge in [0.05, 0.1) is 18.4 Å². The van der Waals surface area contributed by atoms with Gasteiger partial charge in [0.1, 0.15) is 0 Å². The van der Waals surface area contributed by atoms with Gasteiger partial charge in [-0.2, -0.15) is 0 Å². The first kappa shape index (κ1) is 18.2. The Labute approximate surface area is 146 Å². The molecule has 130 valence electrons. The third kappa shape index (κ3) is 5.17. The van der Waals surface area contributed by atoms with E-state index in [-0.39, 0.29) is 30.3 Å². The normalized spacial score (nSPS) is 10.0. The average Bonchev–Trinajstić information content (AvgIpc) is 2.61. The third-order valence-corrected chi connectivity index (χ3v) is 3.52. The number of aryl methyl sites for hydroxylation is 1. The van der Waals surface area contributed by atoms with Crippen LogP contribution in [-0.4, -0.2) is 31.4 Å². The van der Waals surface area contributed by atoms with Gasteiger partial charge in [0, 0.05) is 18.5 Å². The molecule has 2 amide bonds. The van der Waals surface area contributed by atoms with Crippen molar-refractivity contribution in [3.8, 4) is 0 Å². The largest absolute Gasteiger partial charge is 0.465 e. The number of carbonyl (C=O) groups excluding carboxylic acids is 3. The fourth-order valence-corrected chi connectivity index (χ4v) is 2.27. The van der Waals surface area contributed by atoms with E-state index < -0.39 is 5.97 Å². The summed E-state index contributed by atoms with van der Waals surface area (Å²) in [6.07, 6.45) is 0.0903. The Hall–Kier alpha value is -3.15. The predicted octanol–water partition coefficient (Wildman–Crippen LogP) is 2.54. The number of benzene rings is 2. The Kier molecular flexibility index (Phi) is 6.28. The summed E-state index contributed by atoms with van der Waals surface area (Å²) < 4.78 is 4.68. The maximum atomic E-state index is 12.0. The smallest absolute Gasteiger partial charge is 0.339 e. The summed E-state index contributed by atoms with van der Waals surface area (Å²) >= 11 is 0. The Balaban J connectivity index is 1.87. The molecule has 0 heterocycles. The lowest BCUT2D eigenvalue weighted by Crippen LogP contribution is -2.28. The summed E-state index contributed by atoms with van der Waals surface area (Å²) in [5.74, 6) is -1.06. The molecule has 2 aromatic rings. The predicted molar refractivity (Wildman–Crippen MR) is 94.5 cm³/mol. The minimum Gasteiger partial charge on any atom is -0.465 e. The number of amides is 2. The van der Waals surface area contributed by atoms with Crippen LogP contribution >= 0.6 is 0 Å². The van der Waals surface area contributed by atoms with E-state index in [0.29, 0.717) is 11.3 Å². The van der Waals surface area contributed by atoms with Gasteiger partial charge in [-0.15, -0.1) is 0 Å². The highest BCUT2D eigenvalue weighted by molar-refractivity contribution is 6.01. The number of hydrogen-bond donors (Lipinski definition) is 2. The highest BCUT2D eigenvalue weighted by atomic mass is 16.5. The van der Waals surface area contributed by atoms with Crippen LogP contribution in [0.1, 0.15) is 32.7 Å². The van der Waals surface area contributed by atoms with Crippen molar-refractivity contribution in [2.45, 2.75) is 13.3 Å². The van der Waals surface area contributed by atoms with Crippen molar-refractivity contribution in [3.05, 3.63) is 65.2 Å². The van der Waals surface area contributed by atoms with Crippen molar-refractivity contribution >= 4 is 23.5 Å². The van der Waals surface area contributed by atoms with E-state index in [1.54, 1.807) is 42.5 Å². The van der Waals surface area contributed by atoms with E-state index >= 15 is 0 Å². The maximum Gasteiger partial charge on any atom is 0.339 e. The van der Waals surface area contributed by atoms with Crippen LogP contribution in [0.5, 0.6) is 0 Å². The molecule has 0 unspecified atom stereocenters. The molecule has 0 aromatic heterocycles. The average molecular weight is 340 g/mol. The summed E-state index contributed by atoms with van der Waals surface area (Å²) in [5.41, 5.74) is 2.20. The molecule has 6 nitrogen and oxygen atoms in total. The fourth-order valence-electron chi connectivity index (χ4n) is 2.27. The number of nitrogens with one attached hydrogen (secondary N) is 2. The maximum absolute atomic E-state index is 12.0. The molecule has 0 radical (unpaired) electrons. The van der Waals surface area contributed by atoms with Crippen molar-refractivity contribution in [1.29, 1.82) is 0 Å². The lowest BCUT2D eigenvalue weighted by molar-refractivity contribution is -0.116. The Morgan fingerprint density at radius 3 is 2.52 bits per heavy atom. The van der Waals surface area contributed by atoms with Gasteiger partial charge in [0.15, 0.2) is 0 Å².